The second-order valence-corrected chi connectivity index (χ2v) is 8.65. The topological polar surface area (TPSA) is 48.6 Å². The zero-order valence-corrected chi connectivity index (χ0v) is 17.9. The van der Waals surface area contributed by atoms with Crippen molar-refractivity contribution in [3.05, 3.63) is 33.9 Å². The average molecular weight is 434 g/mol. The lowest BCUT2D eigenvalue weighted by Crippen LogP contribution is -2.49. The van der Waals surface area contributed by atoms with E-state index in [1.807, 2.05) is 13.8 Å². The number of aromatic amines is 1. The van der Waals surface area contributed by atoms with Gasteiger partial charge in [0.15, 0.2) is 0 Å². The number of carbonyl (C=O) groups excluding carboxylic acids is 1. The van der Waals surface area contributed by atoms with E-state index in [1.54, 1.807) is 4.90 Å². The number of benzene rings is 1. The van der Waals surface area contributed by atoms with Crippen molar-refractivity contribution in [2.75, 3.05) is 33.3 Å². The van der Waals surface area contributed by atoms with Gasteiger partial charge in [-0.05, 0) is 66.9 Å². The molecular weight excluding hydrogens is 406 g/mol. The molecule has 6 heteroatoms. The van der Waals surface area contributed by atoms with Gasteiger partial charge >= 0.3 is 6.09 Å². The summed E-state index contributed by atoms with van der Waals surface area (Å²) in [5, 5.41) is 1.39. The summed E-state index contributed by atoms with van der Waals surface area (Å²) in [5.74, 6) is 0.856. The average Bonchev–Trinajstić information content (AvgIpc) is 2.99. The van der Waals surface area contributed by atoms with Gasteiger partial charge in [-0.3, -0.25) is 0 Å². The first kappa shape index (κ1) is 18.8. The van der Waals surface area contributed by atoms with E-state index >= 15 is 0 Å². The van der Waals surface area contributed by atoms with Gasteiger partial charge in [-0.2, -0.15) is 0 Å². The largest absolute Gasteiger partial charge is 0.449 e. The van der Waals surface area contributed by atoms with Crippen LogP contribution in [0, 0.1) is 5.92 Å². The molecule has 1 N–H and O–H groups in total. The summed E-state index contributed by atoms with van der Waals surface area (Å²) in [6.07, 6.45) is 1.94. The molecule has 0 unspecified atom stereocenters. The fourth-order valence-corrected chi connectivity index (χ4v) is 5.55. The fraction of sp³-hybridized carbons (Fsp3) is 0.571. The monoisotopic (exact) mass is 433 g/mol. The van der Waals surface area contributed by atoms with Crippen molar-refractivity contribution in [3.8, 4) is 0 Å². The smallest absolute Gasteiger partial charge is 0.409 e. The van der Waals surface area contributed by atoms with E-state index in [2.05, 4.69) is 51.1 Å². The zero-order valence-electron chi connectivity index (χ0n) is 16.3. The van der Waals surface area contributed by atoms with Crippen LogP contribution in [0.15, 0.2) is 22.8 Å². The Morgan fingerprint density at radius 2 is 2.15 bits per heavy atom. The van der Waals surface area contributed by atoms with Crippen LogP contribution in [-0.2, 0) is 11.2 Å². The molecule has 0 saturated carbocycles. The summed E-state index contributed by atoms with van der Waals surface area (Å²) in [6.45, 7) is 6.83. The maximum Gasteiger partial charge on any atom is 0.409 e. The molecule has 1 aliphatic heterocycles. The van der Waals surface area contributed by atoms with E-state index in [4.69, 9.17) is 4.74 Å². The van der Waals surface area contributed by atoms with Crippen LogP contribution in [0.5, 0.6) is 0 Å². The number of likely N-dealkylation sites (tertiary alicyclic amines) is 1. The third-order valence-electron chi connectivity index (χ3n) is 6.35. The molecule has 0 bridgehead atoms. The number of amides is 1. The Balaban J connectivity index is 1.54. The molecular formula is C21H28BrN3O2. The molecule has 2 aromatic rings. The number of likely N-dealkylation sites (N-methyl/N-ethyl adjacent to an activating group) is 1. The summed E-state index contributed by atoms with van der Waals surface area (Å²) in [5.41, 5.74) is 4.05. The lowest BCUT2D eigenvalue weighted by molar-refractivity contribution is 0.0483. The van der Waals surface area contributed by atoms with Crippen molar-refractivity contribution in [2.45, 2.75) is 38.6 Å². The molecule has 27 heavy (non-hydrogen) atoms. The Morgan fingerprint density at radius 1 is 1.37 bits per heavy atom. The lowest BCUT2D eigenvalue weighted by Gasteiger charge is -2.45. The van der Waals surface area contributed by atoms with Crippen molar-refractivity contribution in [2.24, 2.45) is 5.92 Å². The Labute approximate surface area is 169 Å². The molecule has 3 atom stereocenters. The number of fused-ring (bicyclic) bond motifs is 2. The maximum absolute atomic E-state index is 12.2. The van der Waals surface area contributed by atoms with Gasteiger partial charge in [-0.1, -0.05) is 12.1 Å². The number of carbonyl (C=O) groups is 1. The first-order chi connectivity index (χ1) is 13.0. The molecule has 1 saturated heterocycles. The van der Waals surface area contributed by atoms with Crippen LogP contribution in [0.2, 0.25) is 0 Å². The van der Waals surface area contributed by atoms with Crippen LogP contribution < -0.4 is 0 Å². The van der Waals surface area contributed by atoms with Crippen molar-refractivity contribution >= 4 is 32.9 Å². The van der Waals surface area contributed by atoms with E-state index in [9.17, 15) is 4.79 Å². The summed E-state index contributed by atoms with van der Waals surface area (Å²) in [7, 11) is 2.21. The number of halogens is 1. The minimum atomic E-state index is -0.188. The van der Waals surface area contributed by atoms with Gasteiger partial charge in [0.05, 0.1) is 11.2 Å². The number of ether oxygens (including phenoxy) is 1. The second-order valence-electron chi connectivity index (χ2n) is 7.86. The fourth-order valence-electron chi connectivity index (χ4n) is 4.98. The van der Waals surface area contributed by atoms with Crippen LogP contribution in [0.4, 0.5) is 4.79 Å². The second kappa shape index (κ2) is 7.47. The lowest BCUT2D eigenvalue weighted by atomic mass is 9.72. The third-order valence-corrected chi connectivity index (χ3v) is 7.03. The number of H-pyrrole nitrogens is 1. The van der Waals surface area contributed by atoms with Gasteiger partial charge < -0.3 is 19.5 Å². The summed E-state index contributed by atoms with van der Waals surface area (Å²) in [6, 6.07) is 7.09. The number of hydrogen-bond acceptors (Lipinski definition) is 3. The molecule has 0 spiro atoms. The third kappa shape index (κ3) is 3.27. The van der Waals surface area contributed by atoms with Crippen molar-refractivity contribution < 1.29 is 9.53 Å². The molecule has 1 aliphatic carbocycles. The summed E-state index contributed by atoms with van der Waals surface area (Å²) < 4.78 is 6.76. The molecule has 1 aromatic carbocycles. The number of nitrogens with zero attached hydrogens (tertiary/aromatic N) is 2. The van der Waals surface area contributed by atoms with Gasteiger partial charge in [0.25, 0.3) is 0 Å². The number of aromatic nitrogens is 1. The maximum atomic E-state index is 12.2. The quantitative estimate of drug-likeness (QED) is 0.778. The molecule has 2 aliphatic rings. The SMILES string of the molecule is CCN(CC)C(=O)OC[C@@H]1C[C@@H]2c3cccc4[nH]c(Br)c(c34)C[C@H]2N(C)C1. The highest BCUT2D eigenvalue weighted by atomic mass is 79.9. The highest BCUT2D eigenvalue weighted by molar-refractivity contribution is 9.10. The summed E-state index contributed by atoms with van der Waals surface area (Å²) in [4.78, 5) is 19.9. The molecule has 146 valence electrons. The van der Waals surface area contributed by atoms with E-state index in [-0.39, 0.29) is 6.09 Å². The molecule has 4 rings (SSSR count). The Kier molecular flexibility index (Phi) is 5.21. The Morgan fingerprint density at radius 3 is 2.89 bits per heavy atom. The van der Waals surface area contributed by atoms with Crippen LogP contribution in [-0.4, -0.2) is 60.2 Å². The minimum Gasteiger partial charge on any atom is -0.449 e. The van der Waals surface area contributed by atoms with Crippen molar-refractivity contribution in [1.29, 1.82) is 0 Å². The molecule has 1 aromatic heterocycles. The minimum absolute atomic E-state index is 0.188. The normalized spacial score (nSPS) is 24.7. The van der Waals surface area contributed by atoms with Gasteiger partial charge in [-0.25, -0.2) is 4.79 Å². The number of piperidine rings is 1. The van der Waals surface area contributed by atoms with E-state index in [0.29, 0.717) is 37.6 Å². The zero-order chi connectivity index (χ0) is 19.1. The standard InChI is InChI=1S/C21H28BrN3O2/c1-4-25(5-2)21(26)27-12-13-9-15-14-7-6-8-17-19(14)16(20(22)23-17)10-18(15)24(3)11-13/h6-8,13,15,18,23H,4-5,9-12H2,1-3H3/t13-,15-,18-/m1/s1. The van der Waals surface area contributed by atoms with Gasteiger partial charge in [0, 0.05) is 48.4 Å². The molecule has 2 heterocycles. The van der Waals surface area contributed by atoms with Crippen molar-refractivity contribution in [3.63, 3.8) is 0 Å². The number of hydrogen-bond donors (Lipinski definition) is 1. The van der Waals surface area contributed by atoms with Crippen LogP contribution >= 0.6 is 15.9 Å². The van der Waals surface area contributed by atoms with Gasteiger partial charge in [0.1, 0.15) is 0 Å². The van der Waals surface area contributed by atoms with E-state index in [0.717, 1.165) is 24.0 Å². The molecule has 1 fully saturated rings. The Hall–Kier alpha value is -1.53. The first-order valence-electron chi connectivity index (χ1n) is 9.94. The van der Waals surface area contributed by atoms with Crippen molar-refractivity contribution in [1.82, 2.24) is 14.8 Å². The highest BCUT2D eigenvalue weighted by Gasteiger charge is 2.40. The Bertz CT molecular complexity index is 845. The van der Waals surface area contributed by atoms with Crippen LogP contribution in [0.25, 0.3) is 10.9 Å². The van der Waals surface area contributed by atoms with E-state index < -0.39 is 0 Å². The number of rotatable bonds is 4. The molecule has 5 nitrogen and oxygen atoms in total. The molecule has 0 radical (unpaired) electrons. The van der Waals surface area contributed by atoms with Crippen LogP contribution in [0.1, 0.15) is 37.3 Å². The predicted molar refractivity (Wildman–Crippen MR) is 111 cm³/mol. The molecule has 1 amide bonds. The van der Waals surface area contributed by atoms with Gasteiger partial charge in [0.2, 0.25) is 0 Å². The summed E-state index contributed by atoms with van der Waals surface area (Å²) >= 11 is 3.72. The number of nitrogens with one attached hydrogen (secondary N) is 1. The predicted octanol–water partition coefficient (Wildman–Crippen LogP) is 4.37. The highest BCUT2D eigenvalue weighted by Crippen LogP contribution is 2.46. The van der Waals surface area contributed by atoms with Crippen LogP contribution in [0.3, 0.4) is 0 Å². The van der Waals surface area contributed by atoms with E-state index in [1.165, 1.54) is 22.0 Å². The first-order valence-corrected chi connectivity index (χ1v) is 10.7. The van der Waals surface area contributed by atoms with Gasteiger partial charge in [-0.15, -0.1) is 0 Å².